The van der Waals surface area contributed by atoms with Gasteiger partial charge in [0.2, 0.25) is 5.91 Å². The first-order valence-electron chi connectivity index (χ1n) is 8.50. The molecule has 0 bridgehead atoms. The van der Waals surface area contributed by atoms with E-state index in [-0.39, 0.29) is 29.3 Å². The number of hydrogen-bond donors (Lipinski definition) is 2. The van der Waals surface area contributed by atoms with E-state index in [0.717, 1.165) is 12.0 Å². The number of likely N-dealkylation sites (tertiary alicyclic amines) is 1. The fourth-order valence-corrected chi connectivity index (χ4v) is 4.44. The van der Waals surface area contributed by atoms with Crippen LogP contribution in [0.1, 0.15) is 5.56 Å². The first kappa shape index (κ1) is 16.3. The molecular formula is C18H23ClN2O3. The minimum Gasteiger partial charge on any atom is -0.396 e. The zero-order chi connectivity index (χ0) is 16.8. The lowest BCUT2D eigenvalue weighted by atomic mass is 9.75. The molecule has 3 aliphatic heterocycles. The average molecular weight is 351 g/mol. The highest BCUT2D eigenvalue weighted by molar-refractivity contribution is 6.30. The minimum absolute atomic E-state index is 0.0872. The molecule has 0 saturated carbocycles. The molecule has 1 aromatic rings. The van der Waals surface area contributed by atoms with E-state index in [0.29, 0.717) is 44.4 Å². The molecule has 0 aromatic heterocycles. The van der Waals surface area contributed by atoms with E-state index in [1.54, 1.807) is 0 Å². The molecule has 0 radical (unpaired) electrons. The number of aliphatic hydroxyl groups is 1. The summed E-state index contributed by atoms with van der Waals surface area (Å²) in [6.07, 6.45) is 0.722. The number of ether oxygens (including phenoxy) is 1. The summed E-state index contributed by atoms with van der Waals surface area (Å²) >= 11 is 5.96. The number of carbonyl (C=O) groups is 1. The summed E-state index contributed by atoms with van der Waals surface area (Å²) in [6, 6.07) is 7.74. The molecule has 1 amide bonds. The normalized spacial score (nSPS) is 30.9. The molecule has 2 atom stereocenters. The molecule has 0 unspecified atom stereocenters. The van der Waals surface area contributed by atoms with Gasteiger partial charge in [-0.05, 0) is 24.1 Å². The van der Waals surface area contributed by atoms with E-state index in [9.17, 15) is 9.90 Å². The Morgan fingerprint density at radius 3 is 2.71 bits per heavy atom. The van der Waals surface area contributed by atoms with Crippen LogP contribution in [0, 0.1) is 16.7 Å². The molecule has 5 nitrogen and oxygen atoms in total. The maximum atomic E-state index is 13.2. The molecule has 4 rings (SSSR count). The first-order valence-corrected chi connectivity index (χ1v) is 8.88. The van der Waals surface area contributed by atoms with E-state index < -0.39 is 0 Å². The molecule has 0 aliphatic carbocycles. The third-order valence-corrected chi connectivity index (χ3v) is 6.21. The van der Waals surface area contributed by atoms with Crippen LogP contribution in [0.25, 0.3) is 0 Å². The molecule has 3 fully saturated rings. The van der Waals surface area contributed by atoms with Crippen molar-refractivity contribution in [3.63, 3.8) is 0 Å². The van der Waals surface area contributed by atoms with Crippen LogP contribution in [-0.2, 0) is 16.0 Å². The number of rotatable bonds is 4. The lowest BCUT2D eigenvalue weighted by Crippen LogP contribution is -2.63. The zero-order valence-corrected chi connectivity index (χ0v) is 14.4. The number of carbonyl (C=O) groups excluding carboxylic acids is 1. The topological polar surface area (TPSA) is 61.8 Å². The van der Waals surface area contributed by atoms with Crippen molar-refractivity contribution >= 4 is 17.5 Å². The summed E-state index contributed by atoms with van der Waals surface area (Å²) in [7, 11) is 0. The molecule has 130 valence electrons. The third kappa shape index (κ3) is 2.54. The van der Waals surface area contributed by atoms with Crippen LogP contribution >= 0.6 is 11.6 Å². The maximum absolute atomic E-state index is 13.2. The summed E-state index contributed by atoms with van der Waals surface area (Å²) in [5.74, 6) is 0.463. The van der Waals surface area contributed by atoms with Crippen molar-refractivity contribution in [2.75, 3.05) is 46.0 Å². The summed E-state index contributed by atoms with van der Waals surface area (Å²) in [5.41, 5.74) is 0.506. The third-order valence-electron chi connectivity index (χ3n) is 5.96. The Hall–Kier alpha value is -1.14. The van der Waals surface area contributed by atoms with E-state index in [1.165, 1.54) is 0 Å². The molecule has 6 heteroatoms. The summed E-state index contributed by atoms with van der Waals surface area (Å²) in [4.78, 5) is 15.2. The highest BCUT2D eigenvalue weighted by Crippen LogP contribution is 2.43. The lowest BCUT2D eigenvalue weighted by molar-refractivity contribution is -0.145. The number of amides is 1. The number of aliphatic hydroxyl groups excluding tert-OH is 1. The van der Waals surface area contributed by atoms with Crippen LogP contribution in [-0.4, -0.2) is 61.9 Å². The van der Waals surface area contributed by atoms with Gasteiger partial charge in [-0.2, -0.15) is 0 Å². The molecule has 2 N–H and O–H groups in total. The molecule has 3 aliphatic rings. The van der Waals surface area contributed by atoms with Crippen LogP contribution in [0.4, 0.5) is 0 Å². The number of hydrogen-bond acceptors (Lipinski definition) is 4. The average Bonchev–Trinajstić information content (AvgIpc) is 3.09. The van der Waals surface area contributed by atoms with E-state index in [4.69, 9.17) is 16.3 Å². The highest BCUT2D eigenvalue weighted by Gasteiger charge is 2.55. The van der Waals surface area contributed by atoms with E-state index in [2.05, 4.69) is 5.32 Å². The molecule has 3 heterocycles. The van der Waals surface area contributed by atoms with Crippen LogP contribution in [0.2, 0.25) is 5.02 Å². The predicted molar refractivity (Wildman–Crippen MR) is 90.9 cm³/mol. The Labute approximate surface area is 146 Å². The Bertz CT molecular complexity index is 632. The van der Waals surface area contributed by atoms with E-state index >= 15 is 0 Å². The Balaban J connectivity index is 1.51. The fourth-order valence-electron chi connectivity index (χ4n) is 4.32. The quantitative estimate of drug-likeness (QED) is 0.848. The van der Waals surface area contributed by atoms with Crippen molar-refractivity contribution in [1.29, 1.82) is 0 Å². The lowest BCUT2D eigenvalue weighted by Gasteiger charge is -2.44. The van der Waals surface area contributed by atoms with Gasteiger partial charge in [0.25, 0.3) is 0 Å². The van der Waals surface area contributed by atoms with Gasteiger partial charge in [-0.15, -0.1) is 0 Å². The van der Waals surface area contributed by atoms with E-state index in [1.807, 2.05) is 29.2 Å². The second-order valence-electron chi connectivity index (χ2n) is 7.61. The first-order chi connectivity index (χ1) is 11.6. The van der Waals surface area contributed by atoms with Gasteiger partial charge in [0, 0.05) is 42.5 Å². The van der Waals surface area contributed by atoms with Crippen LogP contribution < -0.4 is 5.32 Å². The summed E-state index contributed by atoms with van der Waals surface area (Å²) in [6.45, 7) is 4.00. The van der Waals surface area contributed by atoms with Gasteiger partial charge in [-0.25, -0.2) is 0 Å². The number of nitrogens with zero attached hydrogens (tertiary/aromatic N) is 1. The van der Waals surface area contributed by atoms with Gasteiger partial charge in [0.15, 0.2) is 0 Å². The van der Waals surface area contributed by atoms with Crippen LogP contribution in [0.3, 0.4) is 0 Å². The molecule has 3 saturated heterocycles. The van der Waals surface area contributed by atoms with Gasteiger partial charge in [-0.3, -0.25) is 4.79 Å². The van der Waals surface area contributed by atoms with Gasteiger partial charge >= 0.3 is 0 Å². The number of fused-ring (bicyclic) bond motifs is 1. The Morgan fingerprint density at radius 1 is 1.38 bits per heavy atom. The molecular weight excluding hydrogens is 328 g/mol. The molecule has 24 heavy (non-hydrogen) atoms. The SMILES string of the molecule is O=C(N1C[C@H]2COC[C@@]2(CO)C1)C1(Cc2ccc(Cl)cc2)CNC1. The van der Waals surface area contributed by atoms with Crippen molar-refractivity contribution < 1.29 is 14.6 Å². The van der Waals surface area contributed by atoms with Crippen LogP contribution in [0.5, 0.6) is 0 Å². The second-order valence-corrected chi connectivity index (χ2v) is 8.04. The highest BCUT2D eigenvalue weighted by atomic mass is 35.5. The van der Waals surface area contributed by atoms with Crippen molar-refractivity contribution in [3.8, 4) is 0 Å². The Kier molecular flexibility index (Phi) is 4.07. The van der Waals surface area contributed by atoms with Gasteiger partial charge in [0.05, 0.1) is 25.2 Å². The maximum Gasteiger partial charge on any atom is 0.231 e. The molecule has 0 spiro atoms. The van der Waals surface area contributed by atoms with Gasteiger partial charge in [0.1, 0.15) is 0 Å². The summed E-state index contributed by atoms with van der Waals surface area (Å²) < 4.78 is 5.54. The standard InChI is InChI=1S/C18H23ClN2O3/c19-15-3-1-13(2-4-15)5-17(8-20-9-17)16(23)21-6-14-7-24-12-18(14,10-21)11-22/h1-4,14,20,22H,5-12H2/t14-,18-/m0/s1. The summed E-state index contributed by atoms with van der Waals surface area (Å²) in [5, 5.41) is 13.8. The largest absolute Gasteiger partial charge is 0.396 e. The van der Waals surface area contributed by atoms with Crippen molar-refractivity contribution in [3.05, 3.63) is 34.9 Å². The van der Waals surface area contributed by atoms with Crippen molar-refractivity contribution in [2.45, 2.75) is 6.42 Å². The second kappa shape index (κ2) is 5.99. The van der Waals surface area contributed by atoms with Crippen molar-refractivity contribution in [2.24, 2.45) is 16.7 Å². The molecule has 1 aromatic carbocycles. The van der Waals surface area contributed by atoms with Crippen molar-refractivity contribution in [1.82, 2.24) is 10.2 Å². The smallest absolute Gasteiger partial charge is 0.231 e. The van der Waals surface area contributed by atoms with Crippen LogP contribution in [0.15, 0.2) is 24.3 Å². The zero-order valence-electron chi connectivity index (χ0n) is 13.6. The van der Waals surface area contributed by atoms with Gasteiger partial charge in [-0.1, -0.05) is 23.7 Å². The predicted octanol–water partition coefficient (Wildman–Crippen LogP) is 0.939. The van der Waals surface area contributed by atoms with Gasteiger partial charge < -0.3 is 20.1 Å². The number of halogens is 1. The fraction of sp³-hybridized carbons (Fsp3) is 0.611. The number of benzene rings is 1. The number of nitrogens with one attached hydrogen (secondary N) is 1. The monoisotopic (exact) mass is 350 g/mol. The Morgan fingerprint density at radius 2 is 2.12 bits per heavy atom. The minimum atomic E-state index is -0.371.